The van der Waals surface area contributed by atoms with Crippen LogP contribution in [0, 0.1) is 0 Å². The number of carbonyl (C=O) groups is 1. The summed E-state index contributed by atoms with van der Waals surface area (Å²) in [5, 5.41) is 8.80. The number of anilines is 1. The van der Waals surface area contributed by atoms with Gasteiger partial charge in [-0.05, 0) is 61.6 Å². The number of carbonyl (C=O) groups excluding carboxylic acids is 1. The van der Waals surface area contributed by atoms with Gasteiger partial charge in [-0.25, -0.2) is 14.6 Å². The van der Waals surface area contributed by atoms with Crippen molar-refractivity contribution < 1.29 is 4.79 Å². The molecule has 30 heavy (non-hydrogen) atoms. The molecule has 7 heteroatoms. The normalized spacial score (nSPS) is 13.9. The molecular weight excluding hydrogens is 394 g/mol. The topological polar surface area (TPSA) is 72.7 Å². The average Bonchev–Trinajstić information content (AvgIpc) is 3.41. The molecular formula is C23H21N5OS. The van der Waals surface area contributed by atoms with Crippen molar-refractivity contribution in [2.75, 3.05) is 5.32 Å². The Kier molecular flexibility index (Phi) is 4.96. The van der Waals surface area contributed by atoms with Gasteiger partial charge in [0.2, 0.25) is 5.91 Å². The molecule has 2 aromatic carbocycles. The van der Waals surface area contributed by atoms with E-state index in [0.717, 1.165) is 40.3 Å². The first-order valence-corrected chi connectivity index (χ1v) is 10.9. The molecule has 1 amide bonds. The molecule has 0 spiro atoms. The predicted molar refractivity (Wildman–Crippen MR) is 119 cm³/mol. The summed E-state index contributed by atoms with van der Waals surface area (Å²) >= 11 is 1.42. The maximum atomic E-state index is 12.8. The van der Waals surface area contributed by atoms with E-state index in [-0.39, 0.29) is 11.2 Å². The van der Waals surface area contributed by atoms with Crippen molar-refractivity contribution in [1.29, 1.82) is 0 Å². The Morgan fingerprint density at radius 1 is 1.10 bits per heavy atom. The second kappa shape index (κ2) is 7.91. The van der Waals surface area contributed by atoms with Gasteiger partial charge in [-0.1, -0.05) is 36.0 Å². The lowest BCUT2D eigenvalue weighted by Crippen LogP contribution is -2.22. The van der Waals surface area contributed by atoms with E-state index in [1.165, 1.54) is 35.6 Å². The zero-order chi connectivity index (χ0) is 20.5. The number of aryl methyl sites for hydroxylation is 2. The molecule has 0 radical (unpaired) electrons. The first kappa shape index (κ1) is 18.8. The Bertz CT molecular complexity index is 1220. The number of benzene rings is 2. The molecule has 2 heterocycles. The van der Waals surface area contributed by atoms with Crippen LogP contribution in [0.3, 0.4) is 0 Å². The number of hydrogen-bond donors (Lipinski definition) is 1. The predicted octanol–water partition coefficient (Wildman–Crippen LogP) is 4.42. The molecule has 5 rings (SSSR count). The number of fused-ring (bicyclic) bond motifs is 2. The molecule has 1 aliphatic rings. The molecule has 0 aliphatic heterocycles. The summed E-state index contributed by atoms with van der Waals surface area (Å²) in [6.45, 7) is 1.89. The summed E-state index contributed by atoms with van der Waals surface area (Å²) in [6.07, 6.45) is 6.70. The van der Waals surface area contributed by atoms with Crippen LogP contribution in [-0.2, 0) is 17.6 Å². The van der Waals surface area contributed by atoms with Gasteiger partial charge in [0.1, 0.15) is 11.4 Å². The Labute approximate surface area is 178 Å². The molecule has 150 valence electrons. The van der Waals surface area contributed by atoms with Crippen LogP contribution in [0.4, 0.5) is 5.69 Å². The highest BCUT2D eigenvalue weighted by molar-refractivity contribution is 8.00. The monoisotopic (exact) mass is 415 g/mol. The lowest BCUT2D eigenvalue weighted by Gasteiger charge is -2.13. The number of para-hydroxylation sites is 1. The van der Waals surface area contributed by atoms with E-state index in [1.807, 2.05) is 43.3 Å². The molecule has 2 aromatic heterocycles. The number of amides is 1. The fourth-order valence-corrected chi connectivity index (χ4v) is 4.67. The lowest BCUT2D eigenvalue weighted by atomic mass is 10.1. The average molecular weight is 416 g/mol. The minimum absolute atomic E-state index is 0.0415. The lowest BCUT2D eigenvalue weighted by molar-refractivity contribution is -0.115. The third-order valence-corrected chi connectivity index (χ3v) is 6.47. The number of nitrogens with one attached hydrogen (secondary N) is 1. The van der Waals surface area contributed by atoms with Gasteiger partial charge < -0.3 is 5.32 Å². The van der Waals surface area contributed by atoms with Crippen LogP contribution in [0.15, 0.2) is 66.1 Å². The van der Waals surface area contributed by atoms with Gasteiger partial charge in [0, 0.05) is 5.69 Å². The minimum Gasteiger partial charge on any atom is -0.325 e. The van der Waals surface area contributed by atoms with E-state index in [2.05, 4.69) is 32.5 Å². The van der Waals surface area contributed by atoms with E-state index in [4.69, 9.17) is 0 Å². The van der Waals surface area contributed by atoms with E-state index >= 15 is 0 Å². The van der Waals surface area contributed by atoms with E-state index in [0.29, 0.717) is 0 Å². The van der Waals surface area contributed by atoms with Gasteiger partial charge in [0.25, 0.3) is 0 Å². The summed E-state index contributed by atoms with van der Waals surface area (Å²) in [7, 11) is 0. The molecule has 1 atom stereocenters. The third-order valence-electron chi connectivity index (χ3n) is 5.35. The van der Waals surface area contributed by atoms with Gasteiger partial charge >= 0.3 is 0 Å². The first-order chi connectivity index (χ1) is 14.7. The smallest absolute Gasteiger partial charge is 0.237 e. The highest BCUT2D eigenvalue weighted by atomic mass is 32.2. The van der Waals surface area contributed by atoms with E-state index in [1.54, 1.807) is 10.9 Å². The maximum Gasteiger partial charge on any atom is 0.237 e. The highest BCUT2D eigenvalue weighted by Gasteiger charge is 2.20. The fourth-order valence-electron chi connectivity index (χ4n) is 3.79. The van der Waals surface area contributed by atoms with E-state index < -0.39 is 0 Å². The Morgan fingerprint density at radius 2 is 1.93 bits per heavy atom. The summed E-state index contributed by atoms with van der Waals surface area (Å²) in [5.41, 5.74) is 5.26. The van der Waals surface area contributed by atoms with Crippen LogP contribution >= 0.6 is 11.8 Å². The summed E-state index contributed by atoms with van der Waals surface area (Å²) in [4.78, 5) is 21.6. The van der Waals surface area contributed by atoms with Gasteiger partial charge in [-0.3, -0.25) is 4.79 Å². The van der Waals surface area contributed by atoms with Crippen molar-refractivity contribution in [2.45, 2.75) is 36.5 Å². The number of thioether (sulfide) groups is 1. The first-order valence-electron chi connectivity index (χ1n) is 10.0. The molecule has 1 unspecified atom stereocenters. The minimum atomic E-state index is -0.309. The molecule has 0 saturated carbocycles. The van der Waals surface area contributed by atoms with Crippen molar-refractivity contribution in [3.05, 3.63) is 72.2 Å². The van der Waals surface area contributed by atoms with Crippen LogP contribution in [0.1, 0.15) is 24.5 Å². The summed E-state index contributed by atoms with van der Waals surface area (Å²) in [5.74, 6) is -0.0415. The standard InChI is InChI=1S/C23H21N5OS/c1-15(22(29)27-18-11-10-16-6-5-7-17(16)12-18)30-23-20-13-26-28(21(20)24-14-25-23)19-8-3-2-4-9-19/h2-4,8-15H,5-7H2,1H3,(H,27,29). The molecule has 1 N–H and O–H groups in total. The highest BCUT2D eigenvalue weighted by Crippen LogP contribution is 2.30. The van der Waals surface area contributed by atoms with Gasteiger partial charge in [-0.15, -0.1) is 0 Å². The second-order valence-electron chi connectivity index (χ2n) is 7.39. The molecule has 0 fully saturated rings. The van der Waals surface area contributed by atoms with Crippen LogP contribution in [0.25, 0.3) is 16.7 Å². The Hall–Kier alpha value is -3.19. The van der Waals surface area contributed by atoms with Crippen molar-refractivity contribution in [1.82, 2.24) is 19.7 Å². The number of hydrogen-bond acceptors (Lipinski definition) is 5. The van der Waals surface area contributed by atoms with Crippen LogP contribution in [0.5, 0.6) is 0 Å². The quantitative estimate of drug-likeness (QED) is 0.386. The third kappa shape index (κ3) is 3.57. The van der Waals surface area contributed by atoms with Crippen molar-refractivity contribution in [3.8, 4) is 5.69 Å². The van der Waals surface area contributed by atoms with Crippen molar-refractivity contribution >= 4 is 34.4 Å². The second-order valence-corrected chi connectivity index (χ2v) is 8.72. The van der Waals surface area contributed by atoms with Crippen molar-refractivity contribution in [2.24, 2.45) is 0 Å². The number of aromatic nitrogens is 4. The van der Waals surface area contributed by atoms with Gasteiger partial charge in [0.05, 0.1) is 22.5 Å². The molecule has 0 saturated heterocycles. The van der Waals surface area contributed by atoms with Crippen LogP contribution in [-0.4, -0.2) is 30.9 Å². The Morgan fingerprint density at radius 3 is 2.80 bits per heavy atom. The molecule has 0 bridgehead atoms. The van der Waals surface area contributed by atoms with Crippen LogP contribution in [0.2, 0.25) is 0 Å². The molecule has 6 nitrogen and oxygen atoms in total. The maximum absolute atomic E-state index is 12.8. The van der Waals surface area contributed by atoms with Crippen molar-refractivity contribution in [3.63, 3.8) is 0 Å². The Balaban J connectivity index is 1.35. The molecule has 1 aliphatic carbocycles. The summed E-state index contributed by atoms with van der Waals surface area (Å²) < 4.78 is 1.79. The zero-order valence-corrected chi connectivity index (χ0v) is 17.4. The SMILES string of the molecule is CC(Sc1ncnc2c1cnn2-c1ccccc1)C(=O)Nc1ccc2c(c1)CCC2. The molecule has 4 aromatic rings. The number of nitrogens with zero attached hydrogens (tertiary/aromatic N) is 4. The largest absolute Gasteiger partial charge is 0.325 e. The fraction of sp³-hybridized carbons (Fsp3) is 0.217. The number of rotatable bonds is 5. The van der Waals surface area contributed by atoms with Gasteiger partial charge in [0.15, 0.2) is 5.65 Å². The zero-order valence-electron chi connectivity index (χ0n) is 16.6. The van der Waals surface area contributed by atoms with Crippen LogP contribution < -0.4 is 5.32 Å². The summed E-state index contributed by atoms with van der Waals surface area (Å²) in [6, 6.07) is 16.1. The van der Waals surface area contributed by atoms with E-state index in [9.17, 15) is 4.79 Å². The van der Waals surface area contributed by atoms with Gasteiger partial charge in [-0.2, -0.15) is 5.10 Å².